The lowest BCUT2D eigenvalue weighted by atomic mass is 10.2. The van der Waals surface area contributed by atoms with Crippen LogP contribution in [0.1, 0.15) is 36.5 Å². The summed E-state index contributed by atoms with van der Waals surface area (Å²) < 4.78 is 5.20. The van der Waals surface area contributed by atoms with Gasteiger partial charge in [0.2, 0.25) is 0 Å². The number of aryl methyl sites for hydroxylation is 3. The first-order chi connectivity index (χ1) is 11.8. The molecule has 6 nitrogen and oxygen atoms in total. The minimum atomic E-state index is -0.795. The summed E-state index contributed by atoms with van der Waals surface area (Å²) in [7, 11) is 0. The average molecular weight is 382 g/mol. The number of hydrogen-bond donors (Lipinski definition) is 1. The Balaban J connectivity index is 2.02. The van der Waals surface area contributed by atoms with E-state index in [2.05, 4.69) is 22.2 Å². The fourth-order valence-electron chi connectivity index (χ4n) is 2.22. The summed E-state index contributed by atoms with van der Waals surface area (Å²) in [5.41, 5.74) is 1.14. The zero-order chi connectivity index (χ0) is 18.6. The molecule has 0 unspecified atom stereocenters. The van der Waals surface area contributed by atoms with Crippen molar-refractivity contribution in [1.82, 2.24) is 15.3 Å². The monoisotopic (exact) mass is 381 g/mol. The summed E-state index contributed by atoms with van der Waals surface area (Å²) in [4.78, 5) is 34.9. The number of amides is 1. The quantitative estimate of drug-likeness (QED) is 0.451. The number of fused-ring (bicyclic) bond motifs is 1. The SMILES string of the molecule is CCCNC(=O)[C@H](C)OC(=O)CSc1nc(C)nc2sc(C)c(C)c12. The lowest BCUT2D eigenvalue weighted by Crippen LogP contribution is -2.36. The van der Waals surface area contributed by atoms with Crippen molar-refractivity contribution >= 4 is 45.2 Å². The molecule has 0 aromatic carbocycles. The highest BCUT2D eigenvalue weighted by atomic mass is 32.2. The highest BCUT2D eigenvalue weighted by Gasteiger charge is 2.19. The zero-order valence-electron chi connectivity index (χ0n) is 15.1. The minimum Gasteiger partial charge on any atom is -0.452 e. The topological polar surface area (TPSA) is 81.2 Å². The molecule has 0 saturated heterocycles. The van der Waals surface area contributed by atoms with E-state index in [1.165, 1.54) is 16.6 Å². The Morgan fingerprint density at radius 2 is 2.00 bits per heavy atom. The van der Waals surface area contributed by atoms with Crippen LogP contribution in [0.4, 0.5) is 0 Å². The highest BCUT2D eigenvalue weighted by Crippen LogP contribution is 2.35. The lowest BCUT2D eigenvalue weighted by molar-refractivity contribution is -0.152. The summed E-state index contributed by atoms with van der Waals surface area (Å²) in [5.74, 6) is 0.0746. The third-order valence-corrected chi connectivity index (χ3v) is 5.71. The second kappa shape index (κ2) is 8.62. The van der Waals surface area contributed by atoms with Crippen LogP contribution in [0, 0.1) is 20.8 Å². The first-order valence-corrected chi connectivity index (χ1v) is 9.98. The molecule has 8 heteroatoms. The van der Waals surface area contributed by atoms with Gasteiger partial charge in [0.15, 0.2) is 6.10 Å². The van der Waals surface area contributed by atoms with Crippen molar-refractivity contribution in [3.8, 4) is 0 Å². The lowest BCUT2D eigenvalue weighted by Gasteiger charge is -2.13. The van der Waals surface area contributed by atoms with Gasteiger partial charge >= 0.3 is 5.97 Å². The second-order valence-corrected chi connectivity index (χ2v) is 7.92. The van der Waals surface area contributed by atoms with Gasteiger partial charge in [-0.3, -0.25) is 9.59 Å². The largest absolute Gasteiger partial charge is 0.452 e. The van der Waals surface area contributed by atoms with E-state index >= 15 is 0 Å². The van der Waals surface area contributed by atoms with Gasteiger partial charge in [-0.05, 0) is 39.7 Å². The van der Waals surface area contributed by atoms with Crippen LogP contribution in [-0.2, 0) is 14.3 Å². The summed E-state index contributed by atoms with van der Waals surface area (Å²) in [6, 6.07) is 0. The molecule has 0 aliphatic rings. The van der Waals surface area contributed by atoms with Gasteiger partial charge in [0, 0.05) is 16.8 Å². The molecule has 0 saturated carbocycles. The summed E-state index contributed by atoms with van der Waals surface area (Å²) in [5, 5.41) is 4.49. The molecule has 0 bridgehead atoms. The molecule has 136 valence electrons. The maximum absolute atomic E-state index is 12.1. The second-order valence-electron chi connectivity index (χ2n) is 5.75. The number of thiophene rings is 1. The third-order valence-electron chi connectivity index (χ3n) is 3.66. The minimum absolute atomic E-state index is 0.102. The Morgan fingerprint density at radius 1 is 1.28 bits per heavy atom. The van der Waals surface area contributed by atoms with Gasteiger partial charge in [-0.2, -0.15) is 0 Å². The van der Waals surface area contributed by atoms with Gasteiger partial charge in [0.05, 0.1) is 5.75 Å². The van der Waals surface area contributed by atoms with E-state index in [-0.39, 0.29) is 11.7 Å². The van der Waals surface area contributed by atoms with E-state index in [0.717, 1.165) is 27.2 Å². The molecule has 0 spiro atoms. The van der Waals surface area contributed by atoms with E-state index in [1.54, 1.807) is 18.3 Å². The van der Waals surface area contributed by atoms with E-state index in [1.807, 2.05) is 20.8 Å². The fraction of sp³-hybridized carbons (Fsp3) is 0.529. The Labute approximate surface area is 155 Å². The molecule has 2 heterocycles. The van der Waals surface area contributed by atoms with Crippen molar-refractivity contribution in [2.45, 2.75) is 52.2 Å². The number of aromatic nitrogens is 2. The van der Waals surface area contributed by atoms with E-state index in [4.69, 9.17) is 4.74 Å². The summed E-state index contributed by atoms with van der Waals surface area (Å²) in [6.07, 6.45) is 0.0435. The number of carbonyl (C=O) groups excluding carboxylic acids is 2. The molecule has 2 aromatic heterocycles. The zero-order valence-corrected chi connectivity index (χ0v) is 16.8. The van der Waals surface area contributed by atoms with Gasteiger partial charge in [-0.1, -0.05) is 18.7 Å². The van der Waals surface area contributed by atoms with Gasteiger partial charge < -0.3 is 10.1 Å². The normalized spacial score (nSPS) is 12.2. The van der Waals surface area contributed by atoms with Gasteiger partial charge in [0.25, 0.3) is 5.91 Å². The van der Waals surface area contributed by atoms with Crippen LogP contribution in [0.5, 0.6) is 0 Å². The number of thioether (sulfide) groups is 1. The molecule has 0 fully saturated rings. The molecule has 1 atom stereocenters. The number of nitrogens with zero attached hydrogens (tertiary/aromatic N) is 2. The number of nitrogens with one attached hydrogen (secondary N) is 1. The highest BCUT2D eigenvalue weighted by molar-refractivity contribution is 8.00. The smallest absolute Gasteiger partial charge is 0.317 e. The Morgan fingerprint density at radius 3 is 2.68 bits per heavy atom. The molecule has 25 heavy (non-hydrogen) atoms. The van der Waals surface area contributed by atoms with Crippen LogP contribution in [0.2, 0.25) is 0 Å². The van der Waals surface area contributed by atoms with Crippen molar-refractivity contribution in [2.75, 3.05) is 12.3 Å². The molecular weight excluding hydrogens is 358 g/mol. The maximum atomic E-state index is 12.1. The Bertz CT molecular complexity index is 789. The predicted octanol–water partition coefficient (Wildman–Crippen LogP) is 3.17. The van der Waals surface area contributed by atoms with Gasteiger partial charge in [-0.15, -0.1) is 11.3 Å². The van der Waals surface area contributed by atoms with Crippen molar-refractivity contribution < 1.29 is 14.3 Å². The van der Waals surface area contributed by atoms with Crippen LogP contribution < -0.4 is 5.32 Å². The van der Waals surface area contributed by atoms with Crippen LogP contribution in [-0.4, -0.2) is 40.2 Å². The fourth-order valence-corrected chi connectivity index (χ4v) is 4.28. The van der Waals surface area contributed by atoms with Crippen molar-refractivity contribution in [3.05, 3.63) is 16.3 Å². The molecule has 1 amide bonds. The molecule has 0 aliphatic carbocycles. The first kappa shape index (κ1) is 19.7. The maximum Gasteiger partial charge on any atom is 0.317 e. The number of rotatable bonds is 7. The van der Waals surface area contributed by atoms with Crippen LogP contribution >= 0.6 is 23.1 Å². The number of carbonyl (C=O) groups is 2. The summed E-state index contributed by atoms with van der Waals surface area (Å²) in [6.45, 7) is 10.0. The van der Waals surface area contributed by atoms with Crippen LogP contribution in [0.3, 0.4) is 0 Å². The van der Waals surface area contributed by atoms with Gasteiger partial charge in [-0.25, -0.2) is 9.97 Å². The number of hydrogen-bond acceptors (Lipinski definition) is 7. The Hall–Kier alpha value is -1.67. The van der Waals surface area contributed by atoms with Crippen LogP contribution in [0.25, 0.3) is 10.2 Å². The molecule has 0 aliphatic heterocycles. The number of esters is 1. The first-order valence-electron chi connectivity index (χ1n) is 8.17. The average Bonchev–Trinajstić information content (AvgIpc) is 2.84. The standard InChI is InChI=1S/C17H23N3O3S2/c1-6-7-18-15(22)10(3)23-13(21)8-24-16-14-9(2)11(4)25-17(14)20-12(5)19-16/h10H,6-8H2,1-5H3,(H,18,22)/t10-/m0/s1. The Kier molecular flexibility index (Phi) is 6.78. The van der Waals surface area contributed by atoms with Crippen molar-refractivity contribution in [3.63, 3.8) is 0 Å². The number of ether oxygens (including phenoxy) is 1. The molecule has 1 N–H and O–H groups in total. The molecule has 0 radical (unpaired) electrons. The van der Waals surface area contributed by atoms with E-state index < -0.39 is 12.1 Å². The third kappa shape index (κ3) is 4.92. The molecular formula is C17H23N3O3S2. The van der Waals surface area contributed by atoms with Crippen LogP contribution in [0.15, 0.2) is 5.03 Å². The molecule has 2 aromatic rings. The summed E-state index contributed by atoms with van der Waals surface area (Å²) >= 11 is 2.95. The van der Waals surface area contributed by atoms with E-state index in [9.17, 15) is 9.59 Å². The van der Waals surface area contributed by atoms with Crippen molar-refractivity contribution in [1.29, 1.82) is 0 Å². The predicted molar refractivity (Wildman–Crippen MR) is 101 cm³/mol. The van der Waals surface area contributed by atoms with Gasteiger partial charge in [0.1, 0.15) is 15.7 Å². The molecule has 2 rings (SSSR count). The van der Waals surface area contributed by atoms with E-state index in [0.29, 0.717) is 12.4 Å². The van der Waals surface area contributed by atoms with Crippen molar-refractivity contribution in [2.24, 2.45) is 0 Å².